The van der Waals surface area contributed by atoms with Gasteiger partial charge in [-0.1, -0.05) is 20.3 Å². The van der Waals surface area contributed by atoms with E-state index in [2.05, 4.69) is 11.8 Å². The van der Waals surface area contributed by atoms with Crippen LogP contribution in [0.3, 0.4) is 0 Å². The molecule has 0 amide bonds. The average molecular weight is 257 g/mol. The maximum Gasteiger partial charge on any atom is 0.310 e. The molecular formula is C14H27NO3. The number of hydrogen-bond acceptors (Lipinski definition) is 3. The van der Waals surface area contributed by atoms with Crippen LogP contribution in [0.5, 0.6) is 0 Å². The Kier molecular flexibility index (Phi) is 6.09. The molecule has 2 unspecified atom stereocenters. The molecule has 106 valence electrons. The summed E-state index contributed by atoms with van der Waals surface area (Å²) < 4.78 is 5.73. The molecule has 1 aliphatic heterocycles. The number of carboxylic acid groups (broad SMARTS) is 1. The van der Waals surface area contributed by atoms with E-state index < -0.39 is 11.4 Å². The van der Waals surface area contributed by atoms with E-state index in [0.717, 1.165) is 45.4 Å². The Balaban J connectivity index is 2.64. The van der Waals surface area contributed by atoms with Crippen LogP contribution in [0.25, 0.3) is 0 Å². The van der Waals surface area contributed by atoms with Crippen LogP contribution in [0.15, 0.2) is 0 Å². The van der Waals surface area contributed by atoms with Crippen LogP contribution in [0.1, 0.15) is 46.5 Å². The lowest BCUT2D eigenvalue weighted by Gasteiger charge is -2.32. The molecule has 0 saturated carbocycles. The quantitative estimate of drug-likeness (QED) is 0.793. The summed E-state index contributed by atoms with van der Waals surface area (Å²) in [4.78, 5) is 13.7. The van der Waals surface area contributed by atoms with Crippen molar-refractivity contribution < 1.29 is 14.6 Å². The van der Waals surface area contributed by atoms with E-state index in [9.17, 15) is 9.90 Å². The first-order valence-corrected chi connectivity index (χ1v) is 7.09. The van der Waals surface area contributed by atoms with Gasteiger partial charge in [0.1, 0.15) is 0 Å². The maximum atomic E-state index is 11.5. The average Bonchev–Trinajstić information content (AvgIpc) is 2.54. The van der Waals surface area contributed by atoms with Gasteiger partial charge < -0.3 is 9.84 Å². The van der Waals surface area contributed by atoms with Crippen molar-refractivity contribution in [2.75, 3.05) is 26.2 Å². The second-order valence-electron chi connectivity index (χ2n) is 5.61. The predicted octanol–water partition coefficient (Wildman–Crippen LogP) is 2.38. The second-order valence-corrected chi connectivity index (χ2v) is 5.61. The van der Waals surface area contributed by atoms with Gasteiger partial charge in [0.05, 0.1) is 11.5 Å². The van der Waals surface area contributed by atoms with E-state index in [0.29, 0.717) is 6.54 Å². The van der Waals surface area contributed by atoms with Gasteiger partial charge in [-0.25, -0.2) is 0 Å². The standard InChI is InChI=1S/C14H27NO3/c1-4-7-14(3,13(16)17)11-15-8-6-9-18-12(5-2)10-15/h12H,4-11H2,1-3H3,(H,16,17). The van der Waals surface area contributed by atoms with E-state index in [1.54, 1.807) is 0 Å². The normalized spacial score (nSPS) is 25.4. The fourth-order valence-electron chi connectivity index (χ4n) is 2.66. The molecule has 0 aliphatic carbocycles. The van der Waals surface area contributed by atoms with Crippen molar-refractivity contribution >= 4 is 5.97 Å². The zero-order valence-electron chi connectivity index (χ0n) is 11.9. The third kappa shape index (κ3) is 4.25. The minimum atomic E-state index is -0.678. The van der Waals surface area contributed by atoms with Crippen molar-refractivity contribution in [3.63, 3.8) is 0 Å². The number of carbonyl (C=O) groups is 1. The van der Waals surface area contributed by atoms with Gasteiger partial charge in [-0.3, -0.25) is 9.69 Å². The molecule has 0 aromatic heterocycles. The molecule has 1 heterocycles. The minimum absolute atomic E-state index is 0.257. The Morgan fingerprint density at radius 3 is 2.78 bits per heavy atom. The van der Waals surface area contributed by atoms with Gasteiger partial charge in [-0.15, -0.1) is 0 Å². The van der Waals surface area contributed by atoms with Crippen molar-refractivity contribution in [3.05, 3.63) is 0 Å². The lowest BCUT2D eigenvalue weighted by molar-refractivity contribution is -0.149. The first kappa shape index (κ1) is 15.4. The molecule has 1 N–H and O–H groups in total. The van der Waals surface area contributed by atoms with Gasteiger partial charge in [0.15, 0.2) is 0 Å². The van der Waals surface area contributed by atoms with Crippen molar-refractivity contribution in [2.24, 2.45) is 5.41 Å². The Morgan fingerprint density at radius 1 is 1.50 bits per heavy atom. The Labute approximate surface area is 110 Å². The maximum absolute atomic E-state index is 11.5. The zero-order valence-corrected chi connectivity index (χ0v) is 11.9. The number of carboxylic acids is 1. The van der Waals surface area contributed by atoms with Crippen LogP contribution in [-0.2, 0) is 9.53 Å². The number of hydrogen-bond donors (Lipinski definition) is 1. The van der Waals surface area contributed by atoms with Crippen molar-refractivity contribution in [1.29, 1.82) is 0 Å². The number of ether oxygens (including phenoxy) is 1. The van der Waals surface area contributed by atoms with E-state index in [1.807, 2.05) is 13.8 Å². The van der Waals surface area contributed by atoms with E-state index in [4.69, 9.17) is 4.74 Å². The lowest BCUT2D eigenvalue weighted by Crippen LogP contribution is -2.43. The highest BCUT2D eigenvalue weighted by atomic mass is 16.5. The molecule has 0 spiro atoms. The van der Waals surface area contributed by atoms with E-state index in [-0.39, 0.29) is 6.10 Å². The zero-order chi connectivity index (χ0) is 13.6. The Bertz CT molecular complexity index is 270. The third-order valence-corrected chi connectivity index (χ3v) is 3.78. The molecule has 4 heteroatoms. The predicted molar refractivity (Wildman–Crippen MR) is 71.7 cm³/mol. The van der Waals surface area contributed by atoms with Crippen LogP contribution in [-0.4, -0.2) is 48.3 Å². The van der Waals surface area contributed by atoms with Crippen LogP contribution in [0.4, 0.5) is 0 Å². The van der Waals surface area contributed by atoms with Crippen molar-refractivity contribution in [3.8, 4) is 0 Å². The number of nitrogens with zero attached hydrogens (tertiary/aromatic N) is 1. The fraction of sp³-hybridized carbons (Fsp3) is 0.929. The van der Waals surface area contributed by atoms with E-state index in [1.165, 1.54) is 0 Å². The molecule has 0 radical (unpaired) electrons. The van der Waals surface area contributed by atoms with Crippen LogP contribution in [0, 0.1) is 5.41 Å². The first-order chi connectivity index (χ1) is 8.51. The third-order valence-electron chi connectivity index (χ3n) is 3.78. The molecule has 1 saturated heterocycles. The van der Waals surface area contributed by atoms with Crippen LogP contribution >= 0.6 is 0 Å². The second kappa shape index (κ2) is 7.10. The molecule has 1 aliphatic rings. The van der Waals surface area contributed by atoms with Crippen molar-refractivity contribution in [2.45, 2.75) is 52.6 Å². The molecule has 1 rings (SSSR count). The highest BCUT2D eigenvalue weighted by molar-refractivity contribution is 5.74. The van der Waals surface area contributed by atoms with Crippen molar-refractivity contribution in [1.82, 2.24) is 4.90 Å². The van der Waals surface area contributed by atoms with Gasteiger partial charge in [0.25, 0.3) is 0 Å². The molecule has 2 atom stereocenters. The summed E-state index contributed by atoms with van der Waals surface area (Å²) >= 11 is 0. The number of aliphatic carboxylic acids is 1. The van der Waals surface area contributed by atoms with Gasteiger partial charge in [-0.2, -0.15) is 0 Å². The number of rotatable bonds is 6. The smallest absolute Gasteiger partial charge is 0.310 e. The van der Waals surface area contributed by atoms with Gasteiger partial charge >= 0.3 is 5.97 Å². The Morgan fingerprint density at radius 2 is 2.22 bits per heavy atom. The summed E-state index contributed by atoms with van der Waals surface area (Å²) in [6.45, 7) is 9.28. The summed E-state index contributed by atoms with van der Waals surface area (Å²) in [7, 11) is 0. The summed E-state index contributed by atoms with van der Waals surface area (Å²) in [5.41, 5.74) is -0.628. The molecule has 0 aromatic carbocycles. The molecule has 0 bridgehead atoms. The summed E-state index contributed by atoms with van der Waals surface area (Å²) in [5, 5.41) is 9.43. The lowest BCUT2D eigenvalue weighted by atomic mass is 9.85. The largest absolute Gasteiger partial charge is 0.481 e. The molecule has 4 nitrogen and oxygen atoms in total. The molecular weight excluding hydrogens is 230 g/mol. The monoisotopic (exact) mass is 257 g/mol. The molecule has 1 fully saturated rings. The first-order valence-electron chi connectivity index (χ1n) is 7.09. The summed E-state index contributed by atoms with van der Waals surface area (Å²) in [6.07, 6.45) is 3.89. The Hall–Kier alpha value is -0.610. The summed E-state index contributed by atoms with van der Waals surface area (Å²) in [5.74, 6) is -0.678. The SMILES string of the molecule is CCCC(C)(CN1CCCOC(CC)C1)C(=O)O. The van der Waals surface area contributed by atoms with Gasteiger partial charge in [-0.05, 0) is 26.2 Å². The molecule has 18 heavy (non-hydrogen) atoms. The van der Waals surface area contributed by atoms with E-state index >= 15 is 0 Å². The van der Waals surface area contributed by atoms with Gasteiger partial charge in [0, 0.05) is 26.2 Å². The summed E-state index contributed by atoms with van der Waals surface area (Å²) in [6, 6.07) is 0. The highest BCUT2D eigenvalue weighted by Gasteiger charge is 2.35. The molecule has 0 aromatic rings. The topological polar surface area (TPSA) is 49.8 Å². The highest BCUT2D eigenvalue weighted by Crippen LogP contribution is 2.26. The minimum Gasteiger partial charge on any atom is -0.481 e. The fourth-order valence-corrected chi connectivity index (χ4v) is 2.66. The van der Waals surface area contributed by atoms with Crippen LogP contribution < -0.4 is 0 Å². The van der Waals surface area contributed by atoms with Gasteiger partial charge in [0.2, 0.25) is 0 Å². The van der Waals surface area contributed by atoms with Crippen LogP contribution in [0.2, 0.25) is 0 Å².